The van der Waals surface area contributed by atoms with E-state index in [1.54, 1.807) is 0 Å². The van der Waals surface area contributed by atoms with Crippen molar-refractivity contribution in [1.82, 2.24) is 4.90 Å². The lowest BCUT2D eigenvalue weighted by Crippen LogP contribution is -2.43. The van der Waals surface area contributed by atoms with Crippen LogP contribution < -0.4 is 5.73 Å². The van der Waals surface area contributed by atoms with Gasteiger partial charge in [0.1, 0.15) is 0 Å². The molecule has 0 unspecified atom stereocenters. The van der Waals surface area contributed by atoms with Gasteiger partial charge in [-0.1, -0.05) is 24.3 Å². The van der Waals surface area contributed by atoms with Crippen LogP contribution in [0.2, 0.25) is 0 Å². The van der Waals surface area contributed by atoms with Gasteiger partial charge in [-0.3, -0.25) is 9.69 Å². The van der Waals surface area contributed by atoms with Crippen LogP contribution in [0.25, 0.3) is 0 Å². The highest BCUT2D eigenvalue weighted by molar-refractivity contribution is 5.75. The first kappa shape index (κ1) is 9.46. The Balaban J connectivity index is 1.93. The van der Waals surface area contributed by atoms with Crippen molar-refractivity contribution in [2.24, 2.45) is 17.6 Å². The Morgan fingerprint density at radius 3 is 2.79 bits per heavy atom. The van der Waals surface area contributed by atoms with Gasteiger partial charge in [0.05, 0.1) is 6.54 Å². The van der Waals surface area contributed by atoms with Crippen LogP contribution in [0.4, 0.5) is 0 Å². The fourth-order valence-corrected chi connectivity index (χ4v) is 2.29. The van der Waals surface area contributed by atoms with E-state index < -0.39 is 0 Å². The summed E-state index contributed by atoms with van der Waals surface area (Å²) in [5.41, 5.74) is 5.18. The van der Waals surface area contributed by atoms with Crippen molar-refractivity contribution in [1.29, 1.82) is 0 Å². The molecule has 2 rings (SSSR count). The van der Waals surface area contributed by atoms with E-state index in [2.05, 4.69) is 29.2 Å². The molecule has 1 fully saturated rings. The summed E-state index contributed by atoms with van der Waals surface area (Å²) in [5.74, 6) is 1.02. The lowest BCUT2D eigenvalue weighted by Gasteiger charge is -2.36. The summed E-state index contributed by atoms with van der Waals surface area (Å²) in [6, 6.07) is 0. The number of carbonyl (C=O) groups excluding carboxylic acids is 1. The van der Waals surface area contributed by atoms with Crippen molar-refractivity contribution in [3.8, 4) is 0 Å². The number of hydrogen-bond donors (Lipinski definition) is 1. The summed E-state index contributed by atoms with van der Waals surface area (Å²) in [6.45, 7) is 2.36. The Morgan fingerprint density at radius 1 is 1.36 bits per heavy atom. The van der Waals surface area contributed by atoms with Crippen molar-refractivity contribution in [2.45, 2.75) is 6.42 Å². The van der Waals surface area contributed by atoms with Gasteiger partial charge < -0.3 is 5.73 Å². The Morgan fingerprint density at radius 2 is 2.07 bits per heavy atom. The summed E-state index contributed by atoms with van der Waals surface area (Å²) in [5, 5.41) is 0. The maximum absolute atomic E-state index is 10.8. The van der Waals surface area contributed by atoms with Crippen LogP contribution in [0.5, 0.6) is 0 Å². The number of piperidine rings is 1. The van der Waals surface area contributed by atoms with E-state index >= 15 is 0 Å². The molecular formula is C11H16N2O. The summed E-state index contributed by atoms with van der Waals surface area (Å²) in [4.78, 5) is 12.9. The number of likely N-dealkylation sites (tertiary alicyclic amines) is 1. The number of allylic oxidation sites excluding steroid dienone is 3. The molecule has 3 heteroatoms. The molecule has 2 N–H and O–H groups in total. The van der Waals surface area contributed by atoms with Crippen LogP contribution >= 0.6 is 0 Å². The Bertz CT molecular complexity index is 283. The number of nitrogens with two attached hydrogens (primary N) is 1. The lowest BCUT2D eigenvalue weighted by atomic mass is 9.83. The van der Waals surface area contributed by atoms with Crippen molar-refractivity contribution in [3.63, 3.8) is 0 Å². The van der Waals surface area contributed by atoms with Crippen molar-refractivity contribution < 1.29 is 4.79 Å². The Kier molecular flexibility index (Phi) is 2.68. The molecule has 0 bridgehead atoms. The Labute approximate surface area is 84.3 Å². The molecule has 2 atom stereocenters. The van der Waals surface area contributed by atoms with Gasteiger partial charge in [-0.15, -0.1) is 0 Å². The Hall–Kier alpha value is -1.09. The van der Waals surface area contributed by atoms with Gasteiger partial charge in [-0.05, 0) is 24.8 Å². The maximum Gasteiger partial charge on any atom is 0.231 e. The van der Waals surface area contributed by atoms with Gasteiger partial charge in [0, 0.05) is 6.54 Å². The average Bonchev–Trinajstić information content (AvgIpc) is 2.17. The molecule has 1 aliphatic carbocycles. The summed E-state index contributed by atoms with van der Waals surface area (Å²) < 4.78 is 0. The molecule has 0 aromatic heterocycles. The average molecular weight is 192 g/mol. The van der Waals surface area contributed by atoms with Crippen LogP contribution in [0.1, 0.15) is 6.42 Å². The molecule has 0 spiro atoms. The number of nitrogens with zero attached hydrogens (tertiary/aromatic N) is 1. The molecule has 1 aliphatic heterocycles. The van der Waals surface area contributed by atoms with E-state index in [0.29, 0.717) is 18.4 Å². The van der Waals surface area contributed by atoms with Crippen molar-refractivity contribution in [3.05, 3.63) is 24.3 Å². The van der Waals surface area contributed by atoms with E-state index in [9.17, 15) is 4.79 Å². The van der Waals surface area contributed by atoms with E-state index in [1.165, 1.54) is 0 Å². The zero-order valence-electron chi connectivity index (χ0n) is 8.23. The molecule has 1 amide bonds. The number of carbonyl (C=O) groups is 1. The number of fused-ring (bicyclic) bond motifs is 1. The third kappa shape index (κ3) is 2.04. The minimum absolute atomic E-state index is 0.223. The standard InChI is InChI=1S/C11H16N2O/c12-11(14)8-13-6-5-9-3-1-2-4-10(9)7-13/h1-4,9-10H,5-8H2,(H2,12,14)/t9-,10+/m1/s1. The molecule has 3 nitrogen and oxygen atoms in total. The highest BCUT2D eigenvalue weighted by Gasteiger charge is 2.27. The first-order chi connectivity index (χ1) is 6.75. The molecule has 0 saturated carbocycles. The molecule has 1 heterocycles. The zero-order chi connectivity index (χ0) is 9.97. The van der Waals surface area contributed by atoms with Crippen LogP contribution in [0, 0.1) is 11.8 Å². The summed E-state index contributed by atoms with van der Waals surface area (Å²) in [7, 11) is 0. The molecule has 76 valence electrons. The molecule has 1 saturated heterocycles. The number of amides is 1. The van der Waals surface area contributed by atoms with E-state index in [1.807, 2.05) is 0 Å². The number of rotatable bonds is 2. The minimum atomic E-state index is -0.223. The molecule has 0 aromatic carbocycles. The van der Waals surface area contributed by atoms with Gasteiger partial charge in [-0.2, -0.15) is 0 Å². The van der Waals surface area contributed by atoms with Crippen molar-refractivity contribution >= 4 is 5.91 Å². The fourth-order valence-electron chi connectivity index (χ4n) is 2.29. The van der Waals surface area contributed by atoms with Crippen LogP contribution in [-0.2, 0) is 4.79 Å². The zero-order valence-corrected chi connectivity index (χ0v) is 8.23. The van der Waals surface area contributed by atoms with Crippen LogP contribution in [0.3, 0.4) is 0 Å². The predicted octanol–water partition coefficient (Wildman–Crippen LogP) is 0.536. The third-order valence-corrected chi connectivity index (χ3v) is 3.00. The summed E-state index contributed by atoms with van der Waals surface area (Å²) in [6.07, 6.45) is 9.85. The topological polar surface area (TPSA) is 46.3 Å². The largest absolute Gasteiger partial charge is 0.369 e. The lowest BCUT2D eigenvalue weighted by molar-refractivity contribution is -0.119. The van der Waals surface area contributed by atoms with Gasteiger partial charge in [0.2, 0.25) is 5.91 Å². The first-order valence-corrected chi connectivity index (χ1v) is 5.11. The SMILES string of the molecule is NC(=O)CN1CC[C@H]2C=CC=C[C@H]2C1. The molecule has 14 heavy (non-hydrogen) atoms. The molecule has 0 radical (unpaired) electrons. The van der Waals surface area contributed by atoms with E-state index in [-0.39, 0.29) is 5.91 Å². The first-order valence-electron chi connectivity index (χ1n) is 5.11. The second-order valence-corrected chi connectivity index (χ2v) is 4.09. The fraction of sp³-hybridized carbons (Fsp3) is 0.545. The molecule has 0 aromatic rings. The predicted molar refractivity (Wildman–Crippen MR) is 55.5 cm³/mol. The maximum atomic E-state index is 10.8. The summed E-state index contributed by atoms with van der Waals surface area (Å²) >= 11 is 0. The van der Waals surface area contributed by atoms with E-state index in [0.717, 1.165) is 19.5 Å². The minimum Gasteiger partial charge on any atom is -0.369 e. The normalized spacial score (nSPS) is 31.4. The number of primary amides is 1. The van der Waals surface area contributed by atoms with Gasteiger partial charge >= 0.3 is 0 Å². The van der Waals surface area contributed by atoms with Crippen LogP contribution in [-0.4, -0.2) is 30.4 Å². The molecule has 2 aliphatic rings. The van der Waals surface area contributed by atoms with Gasteiger partial charge in [0.25, 0.3) is 0 Å². The van der Waals surface area contributed by atoms with Crippen molar-refractivity contribution in [2.75, 3.05) is 19.6 Å². The monoisotopic (exact) mass is 192 g/mol. The van der Waals surface area contributed by atoms with Gasteiger partial charge in [-0.25, -0.2) is 0 Å². The number of hydrogen-bond acceptors (Lipinski definition) is 2. The highest BCUT2D eigenvalue weighted by Crippen LogP contribution is 2.28. The second kappa shape index (κ2) is 3.96. The third-order valence-electron chi connectivity index (χ3n) is 3.00. The highest BCUT2D eigenvalue weighted by atomic mass is 16.1. The van der Waals surface area contributed by atoms with Crippen LogP contribution in [0.15, 0.2) is 24.3 Å². The quantitative estimate of drug-likeness (QED) is 0.694. The molecular weight excluding hydrogens is 176 g/mol. The smallest absolute Gasteiger partial charge is 0.231 e. The second-order valence-electron chi connectivity index (χ2n) is 4.09. The van der Waals surface area contributed by atoms with E-state index in [4.69, 9.17) is 5.73 Å². The van der Waals surface area contributed by atoms with Gasteiger partial charge in [0.15, 0.2) is 0 Å².